The van der Waals surface area contributed by atoms with Gasteiger partial charge in [-0.15, -0.1) is 0 Å². The van der Waals surface area contributed by atoms with Crippen LogP contribution in [0.2, 0.25) is 0 Å². The van der Waals surface area contributed by atoms with Crippen molar-refractivity contribution in [1.29, 1.82) is 0 Å². The van der Waals surface area contributed by atoms with Gasteiger partial charge in [-0.05, 0) is 45.3 Å². The van der Waals surface area contributed by atoms with Crippen LogP contribution in [0.25, 0.3) is 0 Å². The first-order valence-electron chi connectivity index (χ1n) is 6.30. The summed E-state index contributed by atoms with van der Waals surface area (Å²) in [6, 6.07) is 0. The van der Waals surface area contributed by atoms with E-state index in [0.29, 0.717) is 6.92 Å². The third kappa shape index (κ3) is 3.82. The van der Waals surface area contributed by atoms with E-state index in [9.17, 15) is 18.0 Å². The van der Waals surface area contributed by atoms with Crippen molar-refractivity contribution in [3.05, 3.63) is 0 Å². The zero-order valence-electron chi connectivity index (χ0n) is 11.6. The highest BCUT2D eigenvalue weighted by Gasteiger charge is 2.54. The monoisotopic (exact) mass is 281 g/mol. The van der Waals surface area contributed by atoms with Crippen LogP contribution in [-0.2, 0) is 4.79 Å². The van der Waals surface area contributed by atoms with Gasteiger partial charge in [0.15, 0.2) is 5.54 Å². The number of carbonyl (C=O) groups excluding carboxylic acids is 1. The Kier molecular flexibility index (Phi) is 4.51. The van der Waals surface area contributed by atoms with Gasteiger partial charge in [0.25, 0.3) is 0 Å². The normalized spacial score (nSPS) is 23.7. The molecule has 1 aliphatic heterocycles. The summed E-state index contributed by atoms with van der Waals surface area (Å²) >= 11 is 0. The van der Waals surface area contributed by atoms with E-state index >= 15 is 0 Å². The van der Waals surface area contributed by atoms with E-state index < -0.39 is 17.6 Å². The number of piperidine rings is 1. The Labute approximate surface area is 111 Å². The fourth-order valence-corrected chi connectivity index (χ4v) is 1.94. The van der Waals surface area contributed by atoms with Gasteiger partial charge < -0.3 is 16.0 Å². The summed E-state index contributed by atoms with van der Waals surface area (Å²) in [6.07, 6.45) is -3.06. The van der Waals surface area contributed by atoms with Crippen LogP contribution in [0.1, 0.15) is 26.7 Å². The average molecular weight is 281 g/mol. The van der Waals surface area contributed by atoms with Crippen molar-refractivity contribution in [3.8, 4) is 0 Å². The number of nitrogens with zero attached hydrogens (tertiary/aromatic N) is 1. The van der Waals surface area contributed by atoms with Gasteiger partial charge in [0.1, 0.15) is 0 Å². The number of halogens is 3. The number of carbonyl (C=O) groups is 1. The summed E-state index contributed by atoms with van der Waals surface area (Å²) in [5, 5.41) is 2.35. The molecular formula is C12H22F3N3O. The Hall–Kier alpha value is -0.820. The van der Waals surface area contributed by atoms with E-state index in [0.717, 1.165) is 25.9 Å². The van der Waals surface area contributed by atoms with Gasteiger partial charge in [0.2, 0.25) is 5.91 Å². The van der Waals surface area contributed by atoms with Crippen LogP contribution in [0, 0.1) is 5.41 Å². The van der Waals surface area contributed by atoms with Crippen LogP contribution in [0.4, 0.5) is 13.2 Å². The zero-order valence-corrected chi connectivity index (χ0v) is 11.6. The number of alkyl halides is 3. The van der Waals surface area contributed by atoms with Crippen LogP contribution in [0.3, 0.4) is 0 Å². The number of hydrogen-bond acceptors (Lipinski definition) is 3. The first kappa shape index (κ1) is 16.2. The average Bonchev–Trinajstić information content (AvgIpc) is 2.29. The second kappa shape index (κ2) is 5.28. The maximum Gasteiger partial charge on any atom is 0.415 e. The largest absolute Gasteiger partial charge is 0.415 e. The Bertz CT molecular complexity index is 334. The number of likely N-dealkylation sites (tertiary alicyclic amines) is 1. The molecule has 0 spiro atoms. The highest BCUT2D eigenvalue weighted by molar-refractivity contribution is 5.86. The minimum atomic E-state index is -4.75. The lowest BCUT2D eigenvalue weighted by Gasteiger charge is -2.38. The number of amides is 1. The Morgan fingerprint density at radius 1 is 1.37 bits per heavy atom. The first-order chi connectivity index (χ1) is 8.48. The highest BCUT2D eigenvalue weighted by atomic mass is 19.4. The molecule has 1 rings (SSSR count). The van der Waals surface area contributed by atoms with Crippen molar-refractivity contribution in [2.75, 3.05) is 26.7 Å². The predicted octanol–water partition coefficient (Wildman–Crippen LogP) is 1.11. The molecule has 1 heterocycles. The van der Waals surface area contributed by atoms with Crippen molar-refractivity contribution in [3.63, 3.8) is 0 Å². The molecule has 4 nitrogen and oxygen atoms in total. The second-order valence-electron chi connectivity index (χ2n) is 6.00. The topological polar surface area (TPSA) is 58.4 Å². The maximum atomic E-state index is 12.6. The lowest BCUT2D eigenvalue weighted by molar-refractivity contribution is -0.187. The van der Waals surface area contributed by atoms with Crippen LogP contribution < -0.4 is 11.1 Å². The third-order valence-corrected chi connectivity index (χ3v) is 3.93. The van der Waals surface area contributed by atoms with Crippen LogP contribution in [0.5, 0.6) is 0 Å². The lowest BCUT2D eigenvalue weighted by Crippen LogP contribution is -2.62. The highest BCUT2D eigenvalue weighted by Crippen LogP contribution is 2.31. The van der Waals surface area contributed by atoms with Gasteiger partial charge in [-0.25, -0.2) is 0 Å². The number of hydrogen-bond donors (Lipinski definition) is 2. The van der Waals surface area contributed by atoms with E-state index in [1.54, 1.807) is 0 Å². The standard InChI is InChI=1S/C12H22F3N3O/c1-10(4-6-18(3)7-5-10)8-17-9(19)11(2,16)12(13,14)15/h4-8,16H2,1-3H3,(H,17,19). The van der Waals surface area contributed by atoms with Crippen molar-refractivity contribution in [1.82, 2.24) is 10.2 Å². The van der Waals surface area contributed by atoms with Crippen molar-refractivity contribution >= 4 is 5.91 Å². The molecule has 7 heteroatoms. The Balaban J connectivity index is 2.55. The number of rotatable bonds is 3. The van der Waals surface area contributed by atoms with Crippen molar-refractivity contribution in [2.24, 2.45) is 11.1 Å². The predicted molar refractivity (Wildman–Crippen MR) is 66.5 cm³/mol. The SMILES string of the molecule is CN1CCC(C)(CNC(=O)C(C)(N)C(F)(F)F)CC1. The summed E-state index contributed by atoms with van der Waals surface area (Å²) in [7, 11) is 2.00. The minimum absolute atomic E-state index is 0.163. The van der Waals surface area contributed by atoms with Crippen molar-refractivity contribution < 1.29 is 18.0 Å². The van der Waals surface area contributed by atoms with Gasteiger partial charge in [-0.2, -0.15) is 13.2 Å². The maximum absolute atomic E-state index is 12.6. The molecule has 0 aromatic rings. The molecule has 1 atom stereocenters. The zero-order chi connectivity index (χ0) is 14.9. The molecule has 0 aromatic carbocycles. The number of nitrogens with two attached hydrogens (primary N) is 1. The first-order valence-corrected chi connectivity index (χ1v) is 6.30. The molecule has 0 radical (unpaired) electrons. The van der Waals surface area contributed by atoms with Crippen LogP contribution in [0.15, 0.2) is 0 Å². The summed E-state index contributed by atoms with van der Waals surface area (Å²) in [5.41, 5.74) is 2.07. The second-order valence-corrected chi connectivity index (χ2v) is 6.00. The molecule has 1 aliphatic rings. The fraction of sp³-hybridized carbons (Fsp3) is 0.917. The van der Waals surface area contributed by atoms with E-state index in [1.165, 1.54) is 0 Å². The van der Waals surface area contributed by atoms with E-state index in [-0.39, 0.29) is 12.0 Å². The molecule has 19 heavy (non-hydrogen) atoms. The third-order valence-electron chi connectivity index (χ3n) is 3.93. The fourth-order valence-electron chi connectivity index (χ4n) is 1.94. The molecule has 112 valence electrons. The summed E-state index contributed by atoms with van der Waals surface area (Å²) < 4.78 is 37.8. The van der Waals surface area contributed by atoms with Crippen LogP contribution >= 0.6 is 0 Å². The molecular weight excluding hydrogens is 259 g/mol. The van der Waals surface area contributed by atoms with E-state index in [2.05, 4.69) is 10.2 Å². The van der Waals surface area contributed by atoms with Gasteiger partial charge in [0.05, 0.1) is 0 Å². The molecule has 1 unspecified atom stereocenters. The summed E-state index contributed by atoms with van der Waals surface area (Å²) in [5.74, 6) is -1.17. The quantitative estimate of drug-likeness (QED) is 0.815. The molecule has 1 amide bonds. The van der Waals surface area contributed by atoms with Gasteiger partial charge in [-0.3, -0.25) is 4.79 Å². The Morgan fingerprint density at radius 2 is 1.84 bits per heavy atom. The van der Waals surface area contributed by atoms with Gasteiger partial charge >= 0.3 is 6.18 Å². The van der Waals surface area contributed by atoms with Crippen LogP contribution in [-0.4, -0.2) is 49.2 Å². The summed E-state index contributed by atoms with van der Waals surface area (Å²) in [4.78, 5) is 13.8. The molecule has 1 fully saturated rings. The van der Waals surface area contributed by atoms with E-state index in [1.807, 2.05) is 14.0 Å². The molecule has 0 aromatic heterocycles. The molecule has 0 aliphatic carbocycles. The van der Waals surface area contributed by atoms with Gasteiger partial charge in [-0.1, -0.05) is 6.92 Å². The number of nitrogens with one attached hydrogen (secondary N) is 1. The molecule has 1 saturated heterocycles. The Morgan fingerprint density at radius 3 is 2.26 bits per heavy atom. The van der Waals surface area contributed by atoms with E-state index in [4.69, 9.17) is 5.73 Å². The summed E-state index contributed by atoms with van der Waals surface area (Å²) in [6.45, 7) is 4.65. The van der Waals surface area contributed by atoms with Crippen molar-refractivity contribution in [2.45, 2.75) is 38.4 Å². The molecule has 0 bridgehead atoms. The smallest absolute Gasteiger partial charge is 0.354 e. The van der Waals surface area contributed by atoms with Gasteiger partial charge in [0, 0.05) is 6.54 Å². The lowest BCUT2D eigenvalue weighted by atomic mass is 9.80. The minimum Gasteiger partial charge on any atom is -0.354 e. The molecule has 3 N–H and O–H groups in total. The molecule has 0 saturated carbocycles.